The number of rotatable bonds is 13. The number of nitrogens with zero attached hydrogens (tertiary/aromatic N) is 1. The maximum atomic E-state index is 11.7. The second-order valence-corrected chi connectivity index (χ2v) is 7.30. The summed E-state index contributed by atoms with van der Waals surface area (Å²) in [5.74, 6) is -0.730. The van der Waals surface area contributed by atoms with E-state index >= 15 is 0 Å². The largest absolute Gasteiger partial charge is 0.480 e. The van der Waals surface area contributed by atoms with Crippen LogP contribution in [-0.4, -0.2) is 47.3 Å². The summed E-state index contributed by atoms with van der Waals surface area (Å²) in [5.41, 5.74) is 0. The SMILES string of the molecule is CCCCCCCC(CCCCCC)N1CCO[C@H](C)[C@H]1C(=O)O. The molecule has 0 saturated carbocycles. The van der Waals surface area contributed by atoms with Crippen molar-refractivity contribution in [3.05, 3.63) is 0 Å². The van der Waals surface area contributed by atoms with E-state index in [0.29, 0.717) is 12.6 Å². The van der Waals surface area contributed by atoms with Crippen LogP contribution >= 0.6 is 0 Å². The van der Waals surface area contributed by atoms with Gasteiger partial charge in [0.05, 0.1) is 12.7 Å². The van der Waals surface area contributed by atoms with E-state index in [1.165, 1.54) is 57.8 Å². The first kappa shape index (κ1) is 21.4. The predicted molar refractivity (Wildman–Crippen MR) is 99.5 cm³/mol. The summed E-state index contributed by atoms with van der Waals surface area (Å²) in [5, 5.41) is 9.66. The van der Waals surface area contributed by atoms with Crippen LogP contribution in [0.15, 0.2) is 0 Å². The van der Waals surface area contributed by atoms with Crippen molar-refractivity contribution in [1.82, 2.24) is 4.90 Å². The zero-order valence-electron chi connectivity index (χ0n) is 16.1. The third-order valence-electron chi connectivity index (χ3n) is 5.29. The molecule has 0 amide bonds. The summed E-state index contributed by atoms with van der Waals surface area (Å²) < 4.78 is 5.61. The number of morpholine rings is 1. The van der Waals surface area contributed by atoms with E-state index in [2.05, 4.69) is 18.7 Å². The average molecular weight is 342 g/mol. The summed E-state index contributed by atoms with van der Waals surface area (Å²) in [6.07, 6.45) is 13.4. The number of hydrogen-bond acceptors (Lipinski definition) is 3. The van der Waals surface area contributed by atoms with Crippen LogP contribution in [0.2, 0.25) is 0 Å². The van der Waals surface area contributed by atoms with E-state index in [1.807, 2.05) is 6.92 Å². The fraction of sp³-hybridized carbons (Fsp3) is 0.950. The van der Waals surface area contributed by atoms with Gasteiger partial charge in [0, 0.05) is 12.6 Å². The molecule has 4 heteroatoms. The van der Waals surface area contributed by atoms with Gasteiger partial charge in [-0.25, -0.2) is 0 Å². The van der Waals surface area contributed by atoms with Crippen LogP contribution in [0.4, 0.5) is 0 Å². The molecule has 1 heterocycles. The molecular weight excluding hydrogens is 302 g/mol. The van der Waals surface area contributed by atoms with Crippen molar-refractivity contribution in [2.24, 2.45) is 0 Å². The van der Waals surface area contributed by atoms with E-state index in [1.54, 1.807) is 0 Å². The van der Waals surface area contributed by atoms with Crippen molar-refractivity contribution >= 4 is 5.97 Å². The number of unbranched alkanes of at least 4 members (excludes halogenated alkanes) is 7. The van der Waals surface area contributed by atoms with Crippen LogP contribution in [0, 0.1) is 0 Å². The van der Waals surface area contributed by atoms with Gasteiger partial charge in [-0.1, -0.05) is 71.6 Å². The Morgan fingerprint density at radius 3 is 2.12 bits per heavy atom. The number of hydrogen-bond donors (Lipinski definition) is 1. The van der Waals surface area contributed by atoms with Gasteiger partial charge in [0.25, 0.3) is 0 Å². The molecule has 0 radical (unpaired) electrons. The minimum atomic E-state index is -0.730. The highest BCUT2D eigenvalue weighted by Gasteiger charge is 2.38. The van der Waals surface area contributed by atoms with Gasteiger partial charge in [-0.2, -0.15) is 0 Å². The first-order chi connectivity index (χ1) is 11.6. The van der Waals surface area contributed by atoms with Crippen molar-refractivity contribution in [2.75, 3.05) is 13.2 Å². The van der Waals surface area contributed by atoms with Crippen molar-refractivity contribution < 1.29 is 14.6 Å². The fourth-order valence-corrected chi connectivity index (χ4v) is 3.86. The van der Waals surface area contributed by atoms with Gasteiger partial charge in [0.15, 0.2) is 0 Å². The number of carbonyl (C=O) groups is 1. The predicted octanol–water partition coefficient (Wildman–Crippen LogP) is 4.86. The van der Waals surface area contributed by atoms with Crippen LogP contribution in [-0.2, 0) is 9.53 Å². The molecule has 0 aromatic heterocycles. The van der Waals surface area contributed by atoms with Gasteiger partial charge in [0.1, 0.15) is 6.04 Å². The van der Waals surface area contributed by atoms with Crippen LogP contribution in [0.1, 0.15) is 91.4 Å². The molecule has 0 aromatic rings. The Hall–Kier alpha value is -0.610. The average Bonchev–Trinajstić information content (AvgIpc) is 2.56. The molecule has 1 aliphatic heterocycles. The van der Waals surface area contributed by atoms with Gasteiger partial charge >= 0.3 is 5.97 Å². The van der Waals surface area contributed by atoms with Gasteiger partial charge in [-0.3, -0.25) is 9.69 Å². The van der Waals surface area contributed by atoms with E-state index < -0.39 is 12.0 Å². The Kier molecular flexibility index (Phi) is 11.4. The molecule has 1 rings (SSSR count). The van der Waals surface area contributed by atoms with Crippen molar-refractivity contribution in [3.63, 3.8) is 0 Å². The lowest BCUT2D eigenvalue weighted by atomic mass is 9.96. The highest BCUT2D eigenvalue weighted by molar-refractivity contribution is 5.74. The lowest BCUT2D eigenvalue weighted by Crippen LogP contribution is -2.57. The smallest absolute Gasteiger partial charge is 0.323 e. The standard InChI is InChI=1S/C20H39NO3/c1-4-6-8-10-12-14-18(13-11-9-7-5-2)21-15-16-24-17(3)19(21)20(22)23/h17-19H,4-16H2,1-3H3,(H,22,23)/t17-,18?,19+/m1/s1. The highest BCUT2D eigenvalue weighted by Crippen LogP contribution is 2.24. The van der Waals surface area contributed by atoms with Crippen LogP contribution in [0.25, 0.3) is 0 Å². The Morgan fingerprint density at radius 1 is 1.04 bits per heavy atom. The van der Waals surface area contributed by atoms with Gasteiger partial charge in [-0.05, 0) is 19.8 Å². The lowest BCUT2D eigenvalue weighted by Gasteiger charge is -2.42. The molecule has 0 spiro atoms. The Morgan fingerprint density at radius 2 is 1.58 bits per heavy atom. The van der Waals surface area contributed by atoms with E-state index in [-0.39, 0.29) is 6.10 Å². The molecule has 1 N–H and O–H groups in total. The number of carboxylic acids is 1. The zero-order chi connectivity index (χ0) is 17.8. The Balaban J connectivity index is 2.60. The second kappa shape index (κ2) is 12.7. The van der Waals surface area contributed by atoms with E-state index in [0.717, 1.165) is 19.4 Å². The summed E-state index contributed by atoms with van der Waals surface area (Å²) in [6.45, 7) is 7.79. The first-order valence-electron chi connectivity index (χ1n) is 10.2. The molecule has 3 atom stereocenters. The van der Waals surface area contributed by atoms with E-state index in [9.17, 15) is 9.90 Å². The summed E-state index contributed by atoms with van der Waals surface area (Å²) in [4.78, 5) is 14.0. The van der Waals surface area contributed by atoms with Gasteiger partial charge in [-0.15, -0.1) is 0 Å². The fourth-order valence-electron chi connectivity index (χ4n) is 3.86. The van der Waals surface area contributed by atoms with Crippen molar-refractivity contribution in [1.29, 1.82) is 0 Å². The Bertz CT molecular complexity index is 335. The molecule has 1 aliphatic rings. The molecule has 0 aromatic carbocycles. The normalized spacial score (nSPS) is 23.3. The number of aliphatic carboxylic acids is 1. The van der Waals surface area contributed by atoms with Crippen LogP contribution in [0.5, 0.6) is 0 Å². The van der Waals surface area contributed by atoms with Crippen LogP contribution in [0.3, 0.4) is 0 Å². The topological polar surface area (TPSA) is 49.8 Å². The van der Waals surface area contributed by atoms with Gasteiger partial charge < -0.3 is 9.84 Å². The molecule has 4 nitrogen and oxygen atoms in total. The molecule has 0 bridgehead atoms. The summed E-state index contributed by atoms with van der Waals surface area (Å²) >= 11 is 0. The second-order valence-electron chi connectivity index (χ2n) is 7.30. The summed E-state index contributed by atoms with van der Waals surface area (Å²) in [7, 11) is 0. The van der Waals surface area contributed by atoms with Crippen LogP contribution < -0.4 is 0 Å². The third kappa shape index (κ3) is 7.52. The molecule has 0 aliphatic carbocycles. The molecule has 24 heavy (non-hydrogen) atoms. The zero-order valence-corrected chi connectivity index (χ0v) is 16.1. The third-order valence-corrected chi connectivity index (χ3v) is 5.29. The monoisotopic (exact) mass is 341 g/mol. The molecule has 1 fully saturated rings. The first-order valence-corrected chi connectivity index (χ1v) is 10.2. The number of ether oxygens (including phenoxy) is 1. The summed E-state index contributed by atoms with van der Waals surface area (Å²) in [6, 6.07) is -0.0819. The maximum Gasteiger partial charge on any atom is 0.323 e. The number of carboxylic acid groups (broad SMARTS) is 1. The maximum absolute atomic E-state index is 11.7. The molecule has 142 valence electrons. The molecule has 1 saturated heterocycles. The quantitative estimate of drug-likeness (QED) is 0.486. The Labute approximate surface area is 148 Å². The molecular formula is C20H39NO3. The van der Waals surface area contributed by atoms with Gasteiger partial charge in [0.2, 0.25) is 0 Å². The van der Waals surface area contributed by atoms with Crippen molar-refractivity contribution in [2.45, 2.75) is 110 Å². The van der Waals surface area contributed by atoms with Crippen molar-refractivity contribution in [3.8, 4) is 0 Å². The minimum absolute atomic E-state index is 0.213. The lowest BCUT2D eigenvalue weighted by molar-refractivity contribution is -0.159. The molecule has 1 unspecified atom stereocenters. The minimum Gasteiger partial charge on any atom is -0.480 e. The van der Waals surface area contributed by atoms with E-state index in [4.69, 9.17) is 4.74 Å². The highest BCUT2D eigenvalue weighted by atomic mass is 16.5.